The van der Waals surface area contributed by atoms with Crippen molar-refractivity contribution in [3.8, 4) is 5.75 Å². The Labute approximate surface area is 118 Å². The van der Waals surface area contributed by atoms with E-state index in [0.717, 1.165) is 28.0 Å². The summed E-state index contributed by atoms with van der Waals surface area (Å²) in [6.45, 7) is 5.99. The minimum atomic E-state index is -0.0237. The first kappa shape index (κ1) is 12.7. The first-order valence-electron chi connectivity index (χ1n) is 6.68. The summed E-state index contributed by atoms with van der Waals surface area (Å²) in [6.07, 6.45) is 1.80. The third kappa shape index (κ3) is 1.94. The van der Waals surface area contributed by atoms with Gasteiger partial charge in [-0.05, 0) is 49.1 Å². The van der Waals surface area contributed by atoms with Gasteiger partial charge in [-0.1, -0.05) is 36.4 Å². The van der Waals surface area contributed by atoms with Crippen LogP contribution in [0.4, 0.5) is 0 Å². The Balaban J connectivity index is 2.10. The summed E-state index contributed by atoms with van der Waals surface area (Å²) in [5, 5.41) is 0. The molecule has 0 N–H and O–H groups in total. The van der Waals surface area contributed by atoms with E-state index in [4.69, 9.17) is 4.74 Å². The lowest BCUT2D eigenvalue weighted by Gasteiger charge is -2.07. The van der Waals surface area contributed by atoms with Crippen molar-refractivity contribution in [1.82, 2.24) is 0 Å². The molecule has 0 radical (unpaired) electrons. The van der Waals surface area contributed by atoms with Crippen LogP contribution in [0, 0.1) is 20.8 Å². The molecule has 3 rings (SSSR count). The zero-order valence-electron chi connectivity index (χ0n) is 11.9. The fourth-order valence-electron chi connectivity index (χ4n) is 2.54. The Kier molecular flexibility index (Phi) is 2.94. The van der Waals surface area contributed by atoms with E-state index in [2.05, 4.69) is 0 Å². The highest BCUT2D eigenvalue weighted by atomic mass is 16.5. The van der Waals surface area contributed by atoms with E-state index in [1.54, 1.807) is 6.08 Å². The van der Waals surface area contributed by atoms with Gasteiger partial charge >= 0.3 is 0 Å². The summed E-state index contributed by atoms with van der Waals surface area (Å²) in [5.74, 6) is 1.10. The molecule has 0 atom stereocenters. The molecule has 0 unspecified atom stereocenters. The van der Waals surface area contributed by atoms with Crippen molar-refractivity contribution >= 4 is 11.9 Å². The number of hydrogen-bond donors (Lipinski definition) is 0. The highest BCUT2D eigenvalue weighted by Crippen LogP contribution is 2.38. The zero-order valence-corrected chi connectivity index (χ0v) is 11.9. The number of benzene rings is 2. The van der Waals surface area contributed by atoms with E-state index in [0.29, 0.717) is 11.3 Å². The lowest BCUT2D eigenvalue weighted by Crippen LogP contribution is -1.99. The van der Waals surface area contributed by atoms with Gasteiger partial charge in [0.25, 0.3) is 0 Å². The summed E-state index contributed by atoms with van der Waals surface area (Å²) in [4.78, 5) is 12.5. The number of allylic oxidation sites excluding steroid dienone is 1. The van der Waals surface area contributed by atoms with Crippen molar-refractivity contribution in [3.63, 3.8) is 0 Å². The lowest BCUT2D eigenvalue weighted by molar-refractivity contribution is 0.101. The molecule has 2 aromatic rings. The van der Waals surface area contributed by atoms with Crippen LogP contribution in [0.3, 0.4) is 0 Å². The fourth-order valence-corrected chi connectivity index (χ4v) is 2.54. The summed E-state index contributed by atoms with van der Waals surface area (Å²) >= 11 is 0. The van der Waals surface area contributed by atoms with Crippen LogP contribution in [-0.2, 0) is 0 Å². The second kappa shape index (κ2) is 4.64. The number of hydrogen-bond acceptors (Lipinski definition) is 2. The van der Waals surface area contributed by atoms with Crippen molar-refractivity contribution in [3.05, 3.63) is 70.0 Å². The van der Waals surface area contributed by atoms with Crippen molar-refractivity contribution in [2.24, 2.45) is 0 Å². The SMILES string of the molecule is Cc1cc(C)c2c(c1C)O/C(=C\c1ccccc1)C2=O. The van der Waals surface area contributed by atoms with Crippen LogP contribution in [-0.4, -0.2) is 5.78 Å². The van der Waals surface area contributed by atoms with Gasteiger partial charge in [-0.3, -0.25) is 4.79 Å². The Morgan fingerprint density at radius 2 is 1.70 bits per heavy atom. The maximum atomic E-state index is 12.5. The Hall–Kier alpha value is -2.35. The van der Waals surface area contributed by atoms with E-state index in [1.807, 2.05) is 57.2 Å². The monoisotopic (exact) mass is 264 g/mol. The number of Topliss-reactive ketones (excluding diaryl/α,β-unsaturated/α-hetero) is 1. The first-order valence-corrected chi connectivity index (χ1v) is 6.68. The van der Waals surface area contributed by atoms with Crippen molar-refractivity contribution < 1.29 is 9.53 Å². The molecule has 0 saturated heterocycles. The summed E-state index contributed by atoms with van der Waals surface area (Å²) < 4.78 is 5.83. The van der Waals surface area contributed by atoms with Crippen LogP contribution in [0.5, 0.6) is 5.75 Å². The number of fused-ring (bicyclic) bond motifs is 1. The molecule has 0 spiro atoms. The molecule has 1 aliphatic heterocycles. The van der Waals surface area contributed by atoms with E-state index in [9.17, 15) is 4.79 Å². The van der Waals surface area contributed by atoms with E-state index >= 15 is 0 Å². The number of ether oxygens (including phenoxy) is 1. The minimum Gasteiger partial charge on any atom is -0.452 e. The number of carbonyl (C=O) groups is 1. The molecular formula is C18H16O2. The second-order valence-electron chi connectivity index (χ2n) is 5.19. The maximum absolute atomic E-state index is 12.5. The van der Waals surface area contributed by atoms with Gasteiger partial charge < -0.3 is 4.74 Å². The number of aryl methyl sites for hydroxylation is 2. The molecule has 0 aromatic heterocycles. The summed E-state index contributed by atoms with van der Waals surface area (Å²) in [6, 6.07) is 11.8. The van der Waals surface area contributed by atoms with E-state index in [1.165, 1.54) is 0 Å². The summed E-state index contributed by atoms with van der Waals surface area (Å²) in [7, 11) is 0. The zero-order chi connectivity index (χ0) is 14.3. The average Bonchev–Trinajstić information content (AvgIpc) is 2.75. The molecule has 0 saturated carbocycles. The quantitative estimate of drug-likeness (QED) is 0.720. The smallest absolute Gasteiger partial charge is 0.232 e. The normalized spacial score (nSPS) is 15.3. The molecule has 0 amide bonds. The third-order valence-electron chi connectivity index (χ3n) is 3.75. The van der Waals surface area contributed by atoms with Crippen LogP contribution < -0.4 is 4.74 Å². The standard InChI is InChI=1S/C18H16O2/c1-11-9-12(2)16-17(19)15(20-18(16)13(11)3)10-14-7-5-4-6-8-14/h4-10H,1-3H3/b15-10-. The van der Waals surface area contributed by atoms with Crippen molar-refractivity contribution in [1.29, 1.82) is 0 Å². The molecular weight excluding hydrogens is 248 g/mol. The fraction of sp³-hybridized carbons (Fsp3) is 0.167. The predicted molar refractivity (Wildman–Crippen MR) is 80.0 cm³/mol. The lowest BCUT2D eigenvalue weighted by atomic mass is 9.97. The largest absolute Gasteiger partial charge is 0.452 e. The average molecular weight is 264 g/mol. The molecule has 2 heteroatoms. The highest BCUT2D eigenvalue weighted by Gasteiger charge is 2.31. The van der Waals surface area contributed by atoms with Gasteiger partial charge in [0.05, 0.1) is 5.56 Å². The third-order valence-corrected chi connectivity index (χ3v) is 3.75. The van der Waals surface area contributed by atoms with Crippen LogP contribution in [0.25, 0.3) is 6.08 Å². The van der Waals surface area contributed by atoms with Gasteiger partial charge in [-0.15, -0.1) is 0 Å². The molecule has 1 heterocycles. The Morgan fingerprint density at radius 1 is 1.00 bits per heavy atom. The van der Waals surface area contributed by atoms with Gasteiger partial charge in [0, 0.05) is 0 Å². The van der Waals surface area contributed by atoms with Crippen molar-refractivity contribution in [2.75, 3.05) is 0 Å². The molecule has 2 aromatic carbocycles. The molecule has 2 nitrogen and oxygen atoms in total. The number of carbonyl (C=O) groups excluding carboxylic acids is 1. The van der Waals surface area contributed by atoms with Crippen LogP contribution in [0.15, 0.2) is 42.2 Å². The molecule has 1 aliphatic rings. The summed E-state index contributed by atoms with van der Waals surface area (Å²) in [5.41, 5.74) is 4.83. The van der Waals surface area contributed by atoms with Crippen molar-refractivity contribution in [2.45, 2.75) is 20.8 Å². The van der Waals surface area contributed by atoms with Gasteiger partial charge in [0.15, 0.2) is 5.76 Å². The molecule has 0 bridgehead atoms. The molecule has 0 aliphatic carbocycles. The van der Waals surface area contributed by atoms with Gasteiger partial charge in [-0.25, -0.2) is 0 Å². The maximum Gasteiger partial charge on any atom is 0.232 e. The topological polar surface area (TPSA) is 26.3 Å². The number of ketones is 1. The first-order chi connectivity index (χ1) is 9.58. The highest BCUT2D eigenvalue weighted by molar-refractivity contribution is 6.15. The second-order valence-corrected chi connectivity index (χ2v) is 5.19. The van der Waals surface area contributed by atoms with Crippen LogP contribution in [0.2, 0.25) is 0 Å². The Bertz CT molecular complexity index is 725. The minimum absolute atomic E-state index is 0.0237. The number of rotatable bonds is 1. The Morgan fingerprint density at radius 3 is 2.40 bits per heavy atom. The van der Waals surface area contributed by atoms with Crippen LogP contribution >= 0.6 is 0 Å². The van der Waals surface area contributed by atoms with E-state index in [-0.39, 0.29) is 5.78 Å². The molecule has 100 valence electrons. The van der Waals surface area contributed by atoms with Gasteiger partial charge in [0.1, 0.15) is 5.75 Å². The molecule has 0 fully saturated rings. The van der Waals surface area contributed by atoms with Gasteiger partial charge in [0.2, 0.25) is 5.78 Å². The van der Waals surface area contributed by atoms with E-state index < -0.39 is 0 Å². The van der Waals surface area contributed by atoms with Gasteiger partial charge in [-0.2, -0.15) is 0 Å². The predicted octanol–water partition coefficient (Wildman–Crippen LogP) is 4.23. The molecule has 20 heavy (non-hydrogen) atoms. The van der Waals surface area contributed by atoms with Crippen LogP contribution in [0.1, 0.15) is 32.6 Å².